The molecule has 1 atom stereocenters. The molecule has 2 aromatic carbocycles. The van der Waals surface area contributed by atoms with Crippen LogP contribution in [0.3, 0.4) is 0 Å². The van der Waals surface area contributed by atoms with E-state index >= 15 is 0 Å². The molecule has 1 unspecified atom stereocenters. The van der Waals surface area contributed by atoms with Crippen molar-refractivity contribution in [2.45, 2.75) is 65.7 Å². The van der Waals surface area contributed by atoms with E-state index in [1.807, 2.05) is 31.2 Å². The zero-order valence-electron chi connectivity index (χ0n) is 17.8. The lowest BCUT2D eigenvalue weighted by Crippen LogP contribution is -2.18. The molecule has 1 N–H and O–H groups in total. The predicted molar refractivity (Wildman–Crippen MR) is 118 cm³/mol. The van der Waals surface area contributed by atoms with E-state index in [1.165, 1.54) is 24.8 Å². The minimum Gasteiger partial charge on any atom is -0.494 e. The average Bonchev–Trinajstić information content (AvgIpc) is 2.68. The lowest BCUT2D eigenvalue weighted by molar-refractivity contribution is -0.117. The first-order valence-electron chi connectivity index (χ1n) is 10.6. The van der Waals surface area contributed by atoms with Crippen LogP contribution in [0.25, 0.3) is 0 Å². The molecule has 1 amide bonds. The van der Waals surface area contributed by atoms with Gasteiger partial charge in [0.05, 0.1) is 12.5 Å². The van der Waals surface area contributed by atoms with E-state index in [2.05, 4.69) is 50.4 Å². The van der Waals surface area contributed by atoms with E-state index < -0.39 is 0 Å². The van der Waals surface area contributed by atoms with Crippen LogP contribution in [0.1, 0.15) is 70.4 Å². The van der Waals surface area contributed by atoms with Crippen molar-refractivity contribution in [3.05, 3.63) is 59.7 Å². The number of carbonyl (C=O) groups excluding carboxylic acids is 1. The molecule has 0 fully saturated rings. The van der Waals surface area contributed by atoms with Gasteiger partial charge in [-0.1, -0.05) is 70.4 Å². The van der Waals surface area contributed by atoms with Crippen LogP contribution in [-0.2, 0) is 11.2 Å². The Morgan fingerprint density at radius 1 is 1.00 bits per heavy atom. The molecule has 0 heterocycles. The van der Waals surface area contributed by atoms with Gasteiger partial charge in [-0.05, 0) is 48.9 Å². The Morgan fingerprint density at radius 2 is 1.75 bits per heavy atom. The summed E-state index contributed by atoms with van der Waals surface area (Å²) in [5.41, 5.74) is 3.13. The van der Waals surface area contributed by atoms with Gasteiger partial charge in [-0.3, -0.25) is 4.79 Å². The fourth-order valence-corrected chi connectivity index (χ4v) is 3.20. The molecule has 3 nitrogen and oxygen atoms in total. The maximum absolute atomic E-state index is 12.7. The fraction of sp³-hybridized carbons (Fsp3) is 0.480. The van der Waals surface area contributed by atoms with E-state index in [0.29, 0.717) is 5.92 Å². The van der Waals surface area contributed by atoms with Crippen LogP contribution in [-0.4, -0.2) is 12.5 Å². The first kappa shape index (κ1) is 22.0. The van der Waals surface area contributed by atoms with Crippen LogP contribution in [0.2, 0.25) is 0 Å². The second-order valence-corrected chi connectivity index (χ2v) is 7.99. The summed E-state index contributed by atoms with van der Waals surface area (Å²) in [5.74, 6) is 1.23. The highest BCUT2D eigenvalue weighted by Crippen LogP contribution is 2.22. The highest BCUT2D eigenvalue weighted by molar-refractivity contribution is 5.95. The summed E-state index contributed by atoms with van der Waals surface area (Å²) in [6.07, 6.45) is 5.79. The molecule has 0 saturated carbocycles. The molecule has 0 bridgehead atoms. The maximum atomic E-state index is 12.7. The molecule has 2 aromatic rings. The van der Waals surface area contributed by atoms with Crippen molar-refractivity contribution in [2.24, 2.45) is 5.92 Å². The van der Waals surface area contributed by atoms with Crippen molar-refractivity contribution >= 4 is 11.6 Å². The second-order valence-electron chi connectivity index (χ2n) is 7.99. The van der Waals surface area contributed by atoms with Gasteiger partial charge < -0.3 is 10.1 Å². The molecule has 0 aliphatic heterocycles. The first-order valence-corrected chi connectivity index (χ1v) is 10.6. The second kappa shape index (κ2) is 11.5. The number of unbranched alkanes of at least 4 members (excludes halogenated alkanes) is 3. The van der Waals surface area contributed by atoms with Gasteiger partial charge in [-0.25, -0.2) is 0 Å². The van der Waals surface area contributed by atoms with E-state index in [-0.39, 0.29) is 11.8 Å². The maximum Gasteiger partial charge on any atom is 0.231 e. The Labute approximate surface area is 170 Å². The normalized spacial score (nSPS) is 12.0. The number of amides is 1. The average molecular weight is 382 g/mol. The van der Waals surface area contributed by atoms with Crippen molar-refractivity contribution < 1.29 is 9.53 Å². The van der Waals surface area contributed by atoms with Gasteiger partial charge in [-0.2, -0.15) is 0 Å². The van der Waals surface area contributed by atoms with Gasteiger partial charge in [0.1, 0.15) is 5.75 Å². The Hall–Kier alpha value is -2.29. The molecule has 28 heavy (non-hydrogen) atoms. The molecule has 0 aliphatic rings. The highest BCUT2D eigenvalue weighted by Gasteiger charge is 2.15. The fourth-order valence-electron chi connectivity index (χ4n) is 3.20. The molecule has 0 aliphatic carbocycles. The molecular weight excluding hydrogens is 346 g/mol. The van der Waals surface area contributed by atoms with Gasteiger partial charge in [0, 0.05) is 11.8 Å². The lowest BCUT2D eigenvalue weighted by Gasteiger charge is -2.14. The smallest absolute Gasteiger partial charge is 0.231 e. The number of ether oxygens (including phenoxy) is 1. The number of nitrogens with one attached hydrogen (secondary N) is 1. The molecule has 2 rings (SSSR count). The van der Waals surface area contributed by atoms with Crippen LogP contribution in [0.4, 0.5) is 5.69 Å². The number of rotatable bonds is 11. The Morgan fingerprint density at radius 3 is 2.43 bits per heavy atom. The minimum atomic E-state index is -0.202. The van der Waals surface area contributed by atoms with Crippen LogP contribution < -0.4 is 10.1 Å². The van der Waals surface area contributed by atoms with Crippen molar-refractivity contribution in [1.82, 2.24) is 0 Å². The zero-order valence-corrected chi connectivity index (χ0v) is 17.8. The van der Waals surface area contributed by atoms with Crippen molar-refractivity contribution in [2.75, 3.05) is 11.9 Å². The third kappa shape index (κ3) is 7.38. The standard InChI is InChI=1S/C25H35NO2/c1-5-6-7-8-16-28-24-11-9-10-23(18-24)26-25(27)20(4)22-14-12-21(13-15-22)17-19(2)3/h9-15,18-20H,5-8,16-17H2,1-4H3,(H,26,27). The topological polar surface area (TPSA) is 38.3 Å². The van der Waals surface area contributed by atoms with E-state index in [9.17, 15) is 4.79 Å². The number of anilines is 1. The number of carbonyl (C=O) groups is 1. The van der Waals surface area contributed by atoms with Gasteiger partial charge in [0.2, 0.25) is 5.91 Å². The summed E-state index contributed by atoms with van der Waals surface area (Å²) in [6.45, 7) is 9.30. The van der Waals surface area contributed by atoms with Crippen molar-refractivity contribution in [1.29, 1.82) is 0 Å². The third-order valence-corrected chi connectivity index (χ3v) is 4.89. The summed E-state index contributed by atoms with van der Waals surface area (Å²) in [7, 11) is 0. The van der Waals surface area contributed by atoms with Crippen LogP contribution in [0, 0.1) is 5.92 Å². The highest BCUT2D eigenvalue weighted by atomic mass is 16.5. The van der Waals surface area contributed by atoms with Crippen LogP contribution in [0.5, 0.6) is 5.75 Å². The van der Waals surface area contributed by atoms with Crippen molar-refractivity contribution in [3.63, 3.8) is 0 Å². The Balaban J connectivity index is 1.90. The van der Waals surface area contributed by atoms with Crippen LogP contribution >= 0.6 is 0 Å². The predicted octanol–water partition coefficient (Wildman–Crippen LogP) is 6.59. The molecule has 0 saturated heterocycles. The molecule has 0 radical (unpaired) electrons. The van der Waals surface area contributed by atoms with Gasteiger partial charge >= 0.3 is 0 Å². The van der Waals surface area contributed by atoms with Crippen molar-refractivity contribution in [3.8, 4) is 5.75 Å². The third-order valence-electron chi connectivity index (χ3n) is 4.89. The van der Waals surface area contributed by atoms with E-state index in [0.717, 1.165) is 36.4 Å². The number of hydrogen-bond acceptors (Lipinski definition) is 2. The lowest BCUT2D eigenvalue weighted by atomic mass is 9.96. The first-order chi connectivity index (χ1) is 13.5. The van der Waals surface area contributed by atoms with Crippen LogP contribution in [0.15, 0.2) is 48.5 Å². The molecule has 0 aromatic heterocycles. The quantitative estimate of drug-likeness (QED) is 0.446. The van der Waals surface area contributed by atoms with Gasteiger partial charge in [-0.15, -0.1) is 0 Å². The molecular formula is C25H35NO2. The molecule has 152 valence electrons. The summed E-state index contributed by atoms with van der Waals surface area (Å²) >= 11 is 0. The monoisotopic (exact) mass is 381 g/mol. The minimum absolute atomic E-state index is 0.00305. The summed E-state index contributed by atoms with van der Waals surface area (Å²) in [5, 5.41) is 3.02. The number of benzene rings is 2. The number of hydrogen-bond donors (Lipinski definition) is 1. The van der Waals surface area contributed by atoms with Gasteiger partial charge in [0.25, 0.3) is 0 Å². The summed E-state index contributed by atoms with van der Waals surface area (Å²) in [4.78, 5) is 12.7. The largest absolute Gasteiger partial charge is 0.494 e. The Bertz CT molecular complexity index is 722. The zero-order chi connectivity index (χ0) is 20.4. The SMILES string of the molecule is CCCCCCOc1cccc(NC(=O)C(C)c2ccc(CC(C)C)cc2)c1. The Kier molecular flexibility index (Phi) is 9.06. The molecule has 3 heteroatoms. The molecule has 0 spiro atoms. The van der Waals surface area contributed by atoms with E-state index in [1.54, 1.807) is 0 Å². The summed E-state index contributed by atoms with van der Waals surface area (Å²) < 4.78 is 5.81. The van der Waals surface area contributed by atoms with E-state index in [4.69, 9.17) is 4.74 Å². The summed E-state index contributed by atoms with van der Waals surface area (Å²) in [6, 6.07) is 16.1. The van der Waals surface area contributed by atoms with Gasteiger partial charge in [0.15, 0.2) is 0 Å².